The summed E-state index contributed by atoms with van der Waals surface area (Å²) in [5, 5.41) is 3.13. The second-order valence-corrected chi connectivity index (χ2v) is 7.65. The third kappa shape index (κ3) is 2.82. The Hall–Kier alpha value is -3.43. The number of benzene rings is 2. The molecule has 0 aliphatic carbocycles. The van der Waals surface area contributed by atoms with Crippen LogP contribution in [-0.2, 0) is 18.6 Å². The van der Waals surface area contributed by atoms with Crippen LogP contribution in [0.25, 0.3) is 0 Å². The standard InChI is InChI=1S/C21H19N7OS/c22-9-13-1-5-15(6-2-13)21-17-18(24-11-23-17)25-12-26-19(21)28(20(29)27-21)10-14-3-7-16(30)8-4-14/h1-8,11-12,30H,9-10,22H2,(H,23,24)(H,27,29). The van der Waals surface area contributed by atoms with Gasteiger partial charge in [-0.05, 0) is 28.8 Å². The second kappa shape index (κ2) is 7.12. The number of aliphatic imine (C=N–C) groups is 2. The van der Waals surface area contributed by atoms with Crippen molar-refractivity contribution in [1.29, 1.82) is 0 Å². The van der Waals surface area contributed by atoms with Crippen LogP contribution in [0.5, 0.6) is 0 Å². The van der Waals surface area contributed by atoms with Crippen LogP contribution < -0.4 is 11.1 Å². The number of aromatic amines is 1. The minimum absolute atomic E-state index is 0.254. The van der Waals surface area contributed by atoms with Gasteiger partial charge in [0.1, 0.15) is 12.0 Å². The predicted octanol–water partition coefficient (Wildman–Crippen LogP) is 2.70. The van der Waals surface area contributed by atoms with Crippen molar-refractivity contribution in [3.8, 4) is 0 Å². The molecule has 2 amide bonds. The molecule has 0 bridgehead atoms. The van der Waals surface area contributed by atoms with Gasteiger partial charge in [0.25, 0.3) is 0 Å². The third-order valence-electron chi connectivity index (χ3n) is 5.37. The molecule has 150 valence electrons. The van der Waals surface area contributed by atoms with Crippen molar-refractivity contribution in [2.24, 2.45) is 15.7 Å². The number of fused-ring (bicyclic) bond motifs is 3. The van der Waals surface area contributed by atoms with Crippen molar-refractivity contribution in [2.45, 2.75) is 23.5 Å². The Morgan fingerprint density at radius 2 is 1.80 bits per heavy atom. The number of amides is 2. The molecule has 1 fully saturated rings. The van der Waals surface area contributed by atoms with Crippen LogP contribution >= 0.6 is 12.6 Å². The third-order valence-corrected chi connectivity index (χ3v) is 5.67. The Bertz CT molecular complexity index is 1170. The molecule has 3 aromatic rings. The second-order valence-electron chi connectivity index (χ2n) is 7.13. The van der Waals surface area contributed by atoms with Gasteiger partial charge >= 0.3 is 6.03 Å². The average Bonchev–Trinajstić information content (AvgIpc) is 3.30. The minimum Gasteiger partial charge on any atom is -0.329 e. The van der Waals surface area contributed by atoms with Gasteiger partial charge in [-0.25, -0.2) is 19.8 Å². The van der Waals surface area contributed by atoms with Crippen LogP contribution in [-0.4, -0.2) is 33.1 Å². The van der Waals surface area contributed by atoms with E-state index in [1.54, 1.807) is 11.2 Å². The van der Waals surface area contributed by atoms with Gasteiger partial charge in [0.05, 0.1) is 12.9 Å². The summed E-state index contributed by atoms with van der Waals surface area (Å²) >= 11 is 4.33. The molecule has 0 radical (unpaired) electrons. The van der Waals surface area contributed by atoms with Crippen molar-refractivity contribution in [2.75, 3.05) is 0 Å². The van der Waals surface area contributed by atoms with Crippen LogP contribution in [0, 0.1) is 0 Å². The molecule has 5 rings (SSSR count). The fraction of sp³-hybridized carbons (Fsp3) is 0.143. The maximum absolute atomic E-state index is 13.2. The number of hydrogen-bond donors (Lipinski definition) is 4. The Balaban J connectivity index is 1.65. The maximum Gasteiger partial charge on any atom is 0.324 e. The lowest BCUT2D eigenvalue weighted by molar-refractivity contribution is 0.225. The first kappa shape index (κ1) is 18.6. The Kier molecular flexibility index (Phi) is 4.41. The first-order chi connectivity index (χ1) is 14.6. The molecule has 1 unspecified atom stereocenters. The number of aromatic nitrogens is 2. The molecule has 2 aliphatic rings. The summed E-state index contributed by atoms with van der Waals surface area (Å²) in [7, 11) is 0. The molecule has 2 aliphatic heterocycles. The molecule has 30 heavy (non-hydrogen) atoms. The van der Waals surface area contributed by atoms with E-state index >= 15 is 0 Å². The molecule has 9 heteroatoms. The van der Waals surface area contributed by atoms with E-state index in [9.17, 15) is 4.79 Å². The number of carbonyl (C=O) groups is 1. The fourth-order valence-corrected chi connectivity index (χ4v) is 4.02. The first-order valence-corrected chi connectivity index (χ1v) is 9.88. The van der Waals surface area contributed by atoms with Crippen LogP contribution in [0.2, 0.25) is 0 Å². The largest absolute Gasteiger partial charge is 0.329 e. The SMILES string of the molecule is NCc1ccc(C23NC(=O)N(Cc4ccc(S)cc4)C2=NC=Nc2[nH]cnc23)cc1. The van der Waals surface area contributed by atoms with Gasteiger partial charge in [0.15, 0.2) is 17.2 Å². The topological polar surface area (TPSA) is 112 Å². The molecule has 1 aromatic heterocycles. The van der Waals surface area contributed by atoms with Gasteiger partial charge in [0.2, 0.25) is 0 Å². The van der Waals surface area contributed by atoms with E-state index < -0.39 is 5.54 Å². The van der Waals surface area contributed by atoms with Gasteiger partial charge in [-0.1, -0.05) is 36.4 Å². The lowest BCUT2D eigenvalue weighted by Gasteiger charge is -2.28. The fourth-order valence-electron chi connectivity index (χ4n) is 3.88. The molecule has 2 aromatic carbocycles. The molecule has 1 saturated heterocycles. The number of amidine groups is 1. The Morgan fingerprint density at radius 3 is 2.53 bits per heavy atom. The summed E-state index contributed by atoms with van der Waals surface area (Å²) in [5.41, 5.74) is 8.09. The van der Waals surface area contributed by atoms with Crippen molar-refractivity contribution >= 4 is 36.7 Å². The molecule has 0 saturated carbocycles. The summed E-state index contributed by atoms with van der Waals surface area (Å²) in [6.45, 7) is 0.791. The molecular weight excluding hydrogens is 398 g/mol. The van der Waals surface area contributed by atoms with E-state index in [1.165, 1.54) is 6.34 Å². The zero-order valence-electron chi connectivity index (χ0n) is 15.9. The number of H-pyrrole nitrogens is 1. The minimum atomic E-state index is -1.06. The number of nitrogens with zero attached hydrogens (tertiary/aromatic N) is 4. The average molecular weight is 417 g/mol. The highest BCUT2D eigenvalue weighted by molar-refractivity contribution is 7.80. The number of nitrogens with one attached hydrogen (secondary N) is 2. The maximum atomic E-state index is 13.2. The van der Waals surface area contributed by atoms with Gasteiger partial charge in [-0.15, -0.1) is 12.6 Å². The summed E-state index contributed by atoms with van der Waals surface area (Å²) < 4.78 is 0. The van der Waals surface area contributed by atoms with Crippen molar-refractivity contribution in [3.05, 3.63) is 77.2 Å². The number of nitrogens with two attached hydrogens (primary N) is 1. The van der Waals surface area contributed by atoms with Gasteiger partial charge in [0, 0.05) is 11.4 Å². The lowest BCUT2D eigenvalue weighted by Crippen LogP contribution is -2.45. The summed E-state index contributed by atoms with van der Waals surface area (Å²) in [5.74, 6) is 1.08. The predicted molar refractivity (Wildman–Crippen MR) is 117 cm³/mol. The highest BCUT2D eigenvalue weighted by Crippen LogP contribution is 2.41. The molecule has 8 nitrogen and oxygen atoms in total. The smallest absolute Gasteiger partial charge is 0.324 e. The van der Waals surface area contributed by atoms with Crippen LogP contribution in [0.4, 0.5) is 10.6 Å². The highest BCUT2D eigenvalue weighted by Gasteiger charge is 2.54. The number of rotatable bonds is 4. The molecule has 4 N–H and O–H groups in total. The summed E-state index contributed by atoms with van der Waals surface area (Å²) in [6, 6.07) is 15.2. The number of urea groups is 1. The van der Waals surface area contributed by atoms with Crippen LogP contribution in [0.15, 0.2) is 69.7 Å². The van der Waals surface area contributed by atoms with Gasteiger partial charge < -0.3 is 16.0 Å². The summed E-state index contributed by atoms with van der Waals surface area (Å²) in [4.78, 5) is 32.2. The van der Waals surface area contributed by atoms with Crippen molar-refractivity contribution in [3.63, 3.8) is 0 Å². The molecule has 1 atom stereocenters. The molecular formula is C21H19N7OS. The number of hydrogen-bond acceptors (Lipinski definition) is 6. The molecule has 0 spiro atoms. The lowest BCUT2D eigenvalue weighted by atomic mass is 9.85. The van der Waals surface area contributed by atoms with Crippen molar-refractivity contribution in [1.82, 2.24) is 20.2 Å². The van der Waals surface area contributed by atoms with E-state index in [0.717, 1.165) is 21.6 Å². The van der Waals surface area contributed by atoms with E-state index in [0.29, 0.717) is 30.4 Å². The monoisotopic (exact) mass is 417 g/mol. The van der Waals surface area contributed by atoms with Crippen molar-refractivity contribution < 1.29 is 4.79 Å². The first-order valence-electron chi connectivity index (χ1n) is 9.43. The number of imidazole rings is 1. The number of thiol groups is 1. The van der Waals surface area contributed by atoms with Crippen LogP contribution in [0.1, 0.15) is 22.4 Å². The normalized spacial score (nSPS) is 19.7. The Morgan fingerprint density at radius 1 is 1.07 bits per heavy atom. The highest BCUT2D eigenvalue weighted by atomic mass is 32.1. The van der Waals surface area contributed by atoms with E-state index in [4.69, 9.17) is 5.73 Å². The molecule has 3 heterocycles. The number of carbonyl (C=O) groups excluding carboxylic acids is 1. The van der Waals surface area contributed by atoms with E-state index in [-0.39, 0.29) is 6.03 Å². The quantitative estimate of drug-likeness (QED) is 0.490. The zero-order chi connectivity index (χ0) is 20.7. The zero-order valence-corrected chi connectivity index (χ0v) is 16.8. The van der Waals surface area contributed by atoms with Gasteiger partial charge in [-0.3, -0.25) is 4.90 Å². The van der Waals surface area contributed by atoms with Crippen LogP contribution in [0.3, 0.4) is 0 Å². The van der Waals surface area contributed by atoms with E-state index in [1.807, 2.05) is 48.5 Å². The Labute approximate surface area is 178 Å². The van der Waals surface area contributed by atoms with Gasteiger partial charge in [-0.2, -0.15) is 0 Å². The van der Waals surface area contributed by atoms with E-state index in [2.05, 4.69) is 37.9 Å². The summed E-state index contributed by atoms with van der Waals surface area (Å²) in [6.07, 6.45) is 3.02.